The highest BCUT2D eigenvalue weighted by molar-refractivity contribution is 5.84. The highest BCUT2D eigenvalue weighted by Crippen LogP contribution is 2.24. The van der Waals surface area contributed by atoms with Gasteiger partial charge in [0.25, 0.3) is 5.56 Å². The summed E-state index contributed by atoms with van der Waals surface area (Å²) in [4.78, 5) is 25.4. The minimum Gasteiger partial charge on any atom is -0.358 e. The van der Waals surface area contributed by atoms with Crippen molar-refractivity contribution >= 4 is 16.9 Å². The molecule has 3 heterocycles. The van der Waals surface area contributed by atoms with E-state index in [-0.39, 0.29) is 5.56 Å². The standard InChI is InChI=1S/C20H25N5O/c1-13-17(16-5-3-4-6-18(16)21-13)11-15-12-19(26)24-20(23-15)22-14-7-9-25(2)10-8-14/h3-6,12,14,21H,7-11H2,1-2H3,(H2,22,23,24,26). The summed E-state index contributed by atoms with van der Waals surface area (Å²) < 4.78 is 0. The molecule has 4 rings (SSSR count). The molecule has 0 spiro atoms. The van der Waals surface area contributed by atoms with Gasteiger partial charge in [-0.1, -0.05) is 18.2 Å². The predicted molar refractivity (Wildman–Crippen MR) is 105 cm³/mol. The Hall–Kier alpha value is -2.60. The molecule has 1 aliphatic heterocycles. The molecule has 2 aromatic heterocycles. The first-order valence-corrected chi connectivity index (χ1v) is 9.20. The van der Waals surface area contributed by atoms with Crippen molar-refractivity contribution < 1.29 is 0 Å². The Balaban J connectivity index is 1.58. The van der Waals surface area contributed by atoms with E-state index < -0.39 is 0 Å². The third-order valence-corrected chi connectivity index (χ3v) is 5.24. The van der Waals surface area contributed by atoms with Crippen LogP contribution >= 0.6 is 0 Å². The molecule has 3 aromatic rings. The molecule has 1 aromatic carbocycles. The number of hydrogen-bond acceptors (Lipinski definition) is 4. The second-order valence-electron chi connectivity index (χ2n) is 7.26. The van der Waals surface area contributed by atoms with Crippen LogP contribution < -0.4 is 10.9 Å². The molecule has 0 atom stereocenters. The zero-order chi connectivity index (χ0) is 18.1. The van der Waals surface area contributed by atoms with E-state index in [1.807, 2.05) is 12.1 Å². The summed E-state index contributed by atoms with van der Waals surface area (Å²) in [5, 5.41) is 4.60. The van der Waals surface area contributed by atoms with Gasteiger partial charge in [0.2, 0.25) is 5.95 Å². The first kappa shape index (κ1) is 16.8. The summed E-state index contributed by atoms with van der Waals surface area (Å²) in [6.45, 7) is 4.20. The van der Waals surface area contributed by atoms with Crippen molar-refractivity contribution in [3.05, 3.63) is 57.6 Å². The molecule has 1 fully saturated rings. The first-order valence-electron chi connectivity index (χ1n) is 9.20. The molecule has 0 aliphatic carbocycles. The molecular formula is C20H25N5O. The van der Waals surface area contributed by atoms with E-state index in [1.54, 1.807) is 6.07 Å². The number of aryl methyl sites for hydroxylation is 1. The highest BCUT2D eigenvalue weighted by atomic mass is 16.1. The number of para-hydroxylation sites is 1. The van der Waals surface area contributed by atoms with Gasteiger partial charge in [-0.15, -0.1) is 0 Å². The fraction of sp³-hybridized carbons (Fsp3) is 0.400. The Bertz CT molecular complexity index is 966. The highest BCUT2D eigenvalue weighted by Gasteiger charge is 2.17. The maximum atomic E-state index is 12.1. The third kappa shape index (κ3) is 3.51. The van der Waals surface area contributed by atoms with Gasteiger partial charge in [-0.05, 0) is 51.5 Å². The molecule has 3 N–H and O–H groups in total. The number of benzene rings is 1. The van der Waals surface area contributed by atoms with Crippen LogP contribution in [0, 0.1) is 6.92 Å². The first-order chi connectivity index (χ1) is 12.6. The van der Waals surface area contributed by atoms with Crippen LogP contribution in [0.25, 0.3) is 10.9 Å². The Kier molecular flexibility index (Phi) is 4.51. The van der Waals surface area contributed by atoms with Gasteiger partial charge in [0.15, 0.2) is 0 Å². The number of hydrogen-bond donors (Lipinski definition) is 3. The topological polar surface area (TPSA) is 76.8 Å². The number of anilines is 1. The molecule has 0 bridgehead atoms. The van der Waals surface area contributed by atoms with E-state index in [0.717, 1.165) is 42.8 Å². The van der Waals surface area contributed by atoms with Crippen LogP contribution in [0.2, 0.25) is 0 Å². The average Bonchev–Trinajstić information content (AvgIpc) is 2.92. The Morgan fingerprint density at radius 3 is 2.81 bits per heavy atom. The van der Waals surface area contributed by atoms with Gasteiger partial charge in [0.1, 0.15) is 0 Å². The smallest absolute Gasteiger partial charge is 0.252 e. The Labute approximate surface area is 152 Å². The zero-order valence-electron chi connectivity index (χ0n) is 15.3. The molecular weight excluding hydrogens is 326 g/mol. The lowest BCUT2D eigenvalue weighted by Gasteiger charge is -2.29. The van der Waals surface area contributed by atoms with Crippen molar-refractivity contribution in [3.8, 4) is 0 Å². The molecule has 0 saturated carbocycles. The number of fused-ring (bicyclic) bond motifs is 1. The summed E-state index contributed by atoms with van der Waals surface area (Å²) in [6.07, 6.45) is 2.76. The third-order valence-electron chi connectivity index (χ3n) is 5.24. The van der Waals surface area contributed by atoms with Gasteiger partial charge in [-0.2, -0.15) is 0 Å². The largest absolute Gasteiger partial charge is 0.358 e. The van der Waals surface area contributed by atoms with Gasteiger partial charge >= 0.3 is 0 Å². The number of H-pyrrole nitrogens is 2. The molecule has 1 aliphatic rings. The fourth-order valence-corrected chi connectivity index (χ4v) is 3.76. The molecule has 0 amide bonds. The SMILES string of the molecule is Cc1[nH]c2ccccc2c1Cc1cc(=O)[nH]c(NC2CCN(C)CC2)n1. The van der Waals surface area contributed by atoms with Crippen LogP contribution in [0.1, 0.15) is 29.8 Å². The van der Waals surface area contributed by atoms with E-state index in [0.29, 0.717) is 18.4 Å². The monoisotopic (exact) mass is 351 g/mol. The lowest BCUT2D eigenvalue weighted by atomic mass is 10.1. The molecule has 26 heavy (non-hydrogen) atoms. The second-order valence-corrected chi connectivity index (χ2v) is 7.26. The van der Waals surface area contributed by atoms with Gasteiger partial charge in [0, 0.05) is 35.1 Å². The number of nitrogens with zero attached hydrogens (tertiary/aromatic N) is 2. The number of aromatic amines is 2. The number of nitrogens with one attached hydrogen (secondary N) is 3. The normalized spacial score (nSPS) is 16.2. The van der Waals surface area contributed by atoms with Crippen molar-refractivity contribution in [1.29, 1.82) is 0 Å². The summed E-state index contributed by atoms with van der Waals surface area (Å²) in [5.74, 6) is 0.583. The zero-order valence-corrected chi connectivity index (χ0v) is 15.3. The lowest BCUT2D eigenvalue weighted by Crippen LogP contribution is -2.37. The Morgan fingerprint density at radius 1 is 1.23 bits per heavy atom. The number of piperidine rings is 1. The maximum absolute atomic E-state index is 12.1. The summed E-state index contributed by atoms with van der Waals surface area (Å²) in [7, 11) is 2.14. The van der Waals surface area contributed by atoms with Crippen molar-refractivity contribution in [2.24, 2.45) is 0 Å². The van der Waals surface area contributed by atoms with Crippen molar-refractivity contribution in [2.45, 2.75) is 32.2 Å². The van der Waals surface area contributed by atoms with Crippen LogP contribution in [-0.2, 0) is 6.42 Å². The number of likely N-dealkylation sites (tertiary alicyclic amines) is 1. The van der Waals surface area contributed by atoms with Crippen LogP contribution in [0.15, 0.2) is 35.1 Å². The summed E-state index contributed by atoms with van der Waals surface area (Å²) in [6, 6.07) is 10.2. The van der Waals surface area contributed by atoms with Gasteiger partial charge in [-0.3, -0.25) is 9.78 Å². The fourth-order valence-electron chi connectivity index (χ4n) is 3.76. The quantitative estimate of drug-likeness (QED) is 0.675. The molecule has 0 radical (unpaired) electrons. The van der Waals surface area contributed by atoms with Gasteiger partial charge in [-0.25, -0.2) is 4.98 Å². The molecule has 1 saturated heterocycles. The summed E-state index contributed by atoms with van der Waals surface area (Å²) in [5.41, 5.74) is 4.12. The predicted octanol–water partition coefficient (Wildman–Crippen LogP) is 2.66. The minimum absolute atomic E-state index is 0.108. The van der Waals surface area contributed by atoms with Crippen LogP contribution in [0.3, 0.4) is 0 Å². The van der Waals surface area contributed by atoms with E-state index in [9.17, 15) is 4.79 Å². The Morgan fingerprint density at radius 2 is 2.00 bits per heavy atom. The van der Waals surface area contributed by atoms with Crippen LogP contribution in [-0.4, -0.2) is 46.0 Å². The van der Waals surface area contributed by atoms with E-state index >= 15 is 0 Å². The average molecular weight is 351 g/mol. The minimum atomic E-state index is -0.108. The van der Waals surface area contributed by atoms with Crippen molar-refractivity contribution in [1.82, 2.24) is 19.9 Å². The molecule has 6 nitrogen and oxygen atoms in total. The van der Waals surface area contributed by atoms with Crippen molar-refractivity contribution in [3.63, 3.8) is 0 Å². The van der Waals surface area contributed by atoms with E-state index in [1.165, 1.54) is 10.9 Å². The van der Waals surface area contributed by atoms with E-state index in [2.05, 4.69) is 51.3 Å². The second kappa shape index (κ2) is 6.96. The van der Waals surface area contributed by atoms with Gasteiger partial charge in [0.05, 0.1) is 5.69 Å². The van der Waals surface area contributed by atoms with Crippen LogP contribution in [0.5, 0.6) is 0 Å². The van der Waals surface area contributed by atoms with Crippen molar-refractivity contribution in [2.75, 3.05) is 25.5 Å². The molecule has 136 valence electrons. The van der Waals surface area contributed by atoms with Crippen LogP contribution in [0.4, 0.5) is 5.95 Å². The lowest BCUT2D eigenvalue weighted by molar-refractivity contribution is 0.263. The summed E-state index contributed by atoms with van der Waals surface area (Å²) >= 11 is 0. The number of aromatic nitrogens is 3. The molecule has 0 unspecified atom stereocenters. The van der Waals surface area contributed by atoms with Gasteiger partial charge < -0.3 is 15.2 Å². The maximum Gasteiger partial charge on any atom is 0.252 e. The number of rotatable bonds is 4. The van der Waals surface area contributed by atoms with E-state index in [4.69, 9.17) is 0 Å². The molecule has 6 heteroatoms.